The molecule has 0 atom stereocenters. The second-order valence-electron chi connectivity index (χ2n) is 6.14. The van der Waals surface area contributed by atoms with E-state index in [0.29, 0.717) is 5.56 Å². The van der Waals surface area contributed by atoms with E-state index in [2.05, 4.69) is 5.32 Å². The SMILES string of the molecule is Cc1ccc(C)c(S(=O)(=O)Oc2ccccc2C(=O)OCC(=O)NCCC#N)c1. The second kappa shape index (κ2) is 9.71. The molecule has 152 valence electrons. The molecule has 0 saturated carbocycles. The normalized spacial score (nSPS) is 10.7. The molecule has 0 saturated heterocycles. The fourth-order valence-electron chi connectivity index (χ4n) is 2.37. The summed E-state index contributed by atoms with van der Waals surface area (Å²) in [6, 6.07) is 12.5. The molecule has 0 bridgehead atoms. The third-order valence-electron chi connectivity index (χ3n) is 3.81. The minimum Gasteiger partial charge on any atom is -0.452 e. The minimum absolute atomic E-state index is 0.00228. The van der Waals surface area contributed by atoms with E-state index < -0.39 is 28.6 Å². The third-order valence-corrected chi connectivity index (χ3v) is 5.19. The zero-order chi connectivity index (χ0) is 21.4. The molecule has 9 heteroatoms. The Kier molecular flexibility index (Phi) is 7.33. The van der Waals surface area contributed by atoms with Crippen LogP contribution in [0.5, 0.6) is 5.75 Å². The first-order valence-corrected chi connectivity index (χ1v) is 10.1. The van der Waals surface area contributed by atoms with Crippen LogP contribution in [0.4, 0.5) is 0 Å². The number of nitrogens with one attached hydrogen (secondary N) is 1. The van der Waals surface area contributed by atoms with Crippen molar-refractivity contribution < 1.29 is 26.9 Å². The number of rotatable bonds is 8. The van der Waals surface area contributed by atoms with Crippen molar-refractivity contribution >= 4 is 22.0 Å². The first-order valence-electron chi connectivity index (χ1n) is 8.66. The standard InChI is InChI=1S/C20H20N2O6S/c1-14-8-9-15(2)18(12-14)29(25,26)28-17-7-4-3-6-16(17)20(24)27-13-19(23)22-11-5-10-21/h3-4,6-9,12H,5,11,13H2,1-2H3,(H,22,23). The zero-order valence-corrected chi connectivity index (χ0v) is 16.8. The fraction of sp³-hybridized carbons (Fsp3) is 0.250. The molecular weight excluding hydrogens is 396 g/mol. The van der Waals surface area contributed by atoms with E-state index in [9.17, 15) is 18.0 Å². The van der Waals surface area contributed by atoms with Crippen molar-refractivity contribution in [3.63, 3.8) is 0 Å². The van der Waals surface area contributed by atoms with E-state index in [1.165, 1.54) is 30.3 Å². The number of hydrogen-bond donors (Lipinski definition) is 1. The topological polar surface area (TPSA) is 123 Å². The van der Waals surface area contributed by atoms with Gasteiger partial charge in [0.25, 0.3) is 5.91 Å². The molecule has 8 nitrogen and oxygen atoms in total. The number of carbonyl (C=O) groups is 2. The third kappa shape index (κ3) is 6.05. The van der Waals surface area contributed by atoms with Crippen molar-refractivity contribution in [2.45, 2.75) is 25.2 Å². The van der Waals surface area contributed by atoms with Gasteiger partial charge < -0.3 is 14.2 Å². The van der Waals surface area contributed by atoms with E-state index in [4.69, 9.17) is 14.2 Å². The van der Waals surface area contributed by atoms with Gasteiger partial charge in [0.05, 0.1) is 12.5 Å². The summed E-state index contributed by atoms with van der Waals surface area (Å²) in [7, 11) is -4.19. The Bertz CT molecular complexity index is 1060. The fourth-order valence-corrected chi connectivity index (χ4v) is 3.63. The second-order valence-corrected chi connectivity index (χ2v) is 7.65. The minimum atomic E-state index is -4.19. The van der Waals surface area contributed by atoms with Gasteiger partial charge in [0.15, 0.2) is 12.4 Å². The van der Waals surface area contributed by atoms with Gasteiger partial charge in [-0.3, -0.25) is 4.79 Å². The summed E-state index contributed by atoms with van der Waals surface area (Å²) in [6.07, 6.45) is 0.132. The summed E-state index contributed by atoms with van der Waals surface area (Å²) in [5, 5.41) is 10.8. The van der Waals surface area contributed by atoms with E-state index in [1.807, 2.05) is 6.07 Å². The summed E-state index contributed by atoms with van der Waals surface area (Å²) in [4.78, 5) is 23.9. The van der Waals surface area contributed by atoms with Crippen LogP contribution in [0.1, 0.15) is 27.9 Å². The molecule has 29 heavy (non-hydrogen) atoms. The lowest BCUT2D eigenvalue weighted by Crippen LogP contribution is -2.29. The Morgan fingerprint density at radius 3 is 2.59 bits per heavy atom. The molecule has 0 radical (unpaired) electrons. The van der Waals surface area contributed by atoms with Crippen LogP contribution in [-0.2, 0) is 19.6 Å². The summed E-state index contributed by atoms with van der Waals surface area (Å²) < 4.78 is 35.5. The number of nitrogens with zero attached hydrogens (tertiary/aromatic N) is 1. The first kappa shape index (κ1) is 21.9. The van der Waals surface area contributed by atoms with Crippen LogP contribution in [-0.4, -0.2) is 33.4 Å². The van der Waals surface area contributed by atoms with Crippen molar-refractivity contribution in [3.05, 3.63) is 59.2 Å². The van der Waals surface area contributed by atoms with Crippen LogP contribution in [0, 0.1) is 25.2 Å². The van der Waals surface area contributed by atoms with E-state index in [1.54, 1.807) is 26.0 Å². The van der Waals surface area contributed by atoms with Crippen LogP contribution >= 0.6 is 0 Å². The number of nitriles is 1. The van der Waals surface area contributed by atoms with E-state index in [0.717, 1.165) is 5.56 Å². The number of benzene rings is 2. The monoisotopic (exact) mass is 416 g/mol. The Labute approximate surface area is 169 Å². The molecular formula is C20H20N2O6S. The lowest BCUT2D eigenvalue weighted by atomic mass is 10.2. The van der Waals surface area contributed by atoms with Crippen LogP contribution in [0.2, 0.25) is 0 Å². The van der Waals surface area contributed by atoms with Crippen molar-refractivity contribution in [1.82, 2.24) is 5.32 Å². The van der Waals surface area contributed by atoms with Gasteiger partial charge in [0.1, 0.15) is 10.5 Å². The maximum absolute atomic E-state index is 12.7. The number of para-hydroxylation sites is 1. The van der Waals surface area contributed by atoms with Gasteiger partial charge in [-0.25, -0.2) is 4.79 Å². The van der Waals surface area contributed by atoms with Gasteiger partial charge in [-0.15, -0.1) is 0 Å². The molecule has 0 aliphatic heterocycles. The molecule has 0 heterocycles. The smallest absolute Gasteiger partial charge is 0.342 e. The quantitative estimate of drug-likeness (QED) is 0.398. The van der Waals surface area contributed by atoms with Crippen LogP contribution in [0.3, 0.4) is 0 Å². The largest absolute Gasteiger partial charge is 0.452 e. The molecule has 0 aliphatic carbocycles. The lowest BCUT2D eigenvalue weighted by Gasteiger charge is -2.13. The molecule has 0 fully saturated rings. The number of ether oxygens (including phenoxy) is 1. The number of amides is 1. The maximum Gasteiger partial charge on any atom is 0.342 e. The summed E-state index contributed by atoms with van der Waals surface area (Å²) >= 11 is 0. The van der Waals surface area contributed by atoms with Gasteiger partial charge in [0.2, 0.25) is 0 Å². The molecule has 2 rings (SSSR count). The van der Waals surface area contributed by atoms with Crippen molar-refractivity contribution in [2.24, 2.45) is 0 Å². The Balaban J connectivity index is 2.16. The zero-order valence-electron chi connectivity index (χ0n) is 16.0. The van der Waals surface area contributed by atoms with Crippen LogP contribution in [0.25, 0.3) is 0 Å². The molecule has 2 aromatic rings. The van der Waals surface area contributed by atoms with Crippen molar-refractivity contribution in [3.8, 4) is 11.8 Å². The van der Waals surface area contributed by atoms with Gasteiger partial charge in [-0.05, 0) is 43.2 Å². The molecule has 0 unspecified atom stereocenters. The van der Waals surface area contributed by atoms with Crippen LogP contribution < -0.4 is 9.50 Å². The first-order chi connectivity index (χ1) is 13.7. The molecule has 1 amide bonds. The maximum atomic E-state index is 12.7. The predicted octanol–water partition coefficient (Wildman–Crippen LogP) is 2.26. The lowest BCUT2D eigenvalue weighted by molar-refractivity contribution is -0.124. The molecule has 0 spiro atoms. The average Bonchev–Trinajstić information content (AvgIpc) is 2.68. The van der Waals surface area contributed by atoms with Gasteiger partial charge in [-0.2, -0.15) is 13.7 Å². The van der Waals surface area contributed by atoms with Gasteiger partial charge in [-0.1, -0.05) is 24.3 Å². The molecule has 0 aromatic heterocycles. The molecule has 2 aromatic carbocycles. The van der Waals surface area contributed by atoms with E-state index >= 15 is 0 Å². The average molecular weight is 416 g/mol. The van der Waals surface area contributed by atoms with E-state index in [-0.39, 0.29) is 29.2 Å². The number of aryl methyl sites for hydroxylation is 2. The number of carbonyl (C=O) groups excluding carboxylic acids is 2. The summed E-state index contributed by atoms with van der Waals surface area (Å²) in [5.74, 6) is -1.69. The van der Waals surface area contributed by atoms with Crippen molar-refractivity contribution in [1.29, 1.82) is 5.26 Å². The Morgan fingerprint density at radius 1 is 1.14 bits per heavy atom. The van der Waals surface area contributed by atoms with Crippen molar-refractivity contribution in [2.75, 3.05) is 13.2 Å². The molecule has 0 aliphatic rings. The number of hydrogen-bond acceptors (Lipinski definition) is 7. The van der Waals surface area contributed by atoms with Gasteiger partial charge in [0, 0.05) is 6.54 Å². The highest BCUT2D eigenvalue weighted by atomic mass is 32.2. The predicted molar refractivity (Wildman–Crippen MR) is 104 cm³/mol. The Hall–Kier alpha value is -3.38. The highest BCUT2D eigenvalue weighted by Crippen LogP contribution is 2.25. The molecule has 1 N–H and O–H groups in total. The van der Waals surface area contributed by atoms with Gasteiger partial charge >= 0.3 is 16.1 Å². The highest BCUT2D eigenvalue weighted by Gasteiger charge is 2.23. The summed E-state index contributed by atoms with van der Waals surface area (Å²) in [6.45, 7) is 2.97. The van der Waals surface area contributed by atoms with Crippen LogP contribution in [0.15, 0.2) is 47.4 Å². The Morgan fingerprint density at radius 2 is 1.86 bits per heavy atom. The highest BCUT2D eigenvalue weighted by molar-refractivity contribution is 7.87. The number of esters is 1. The summed E-state index contributed by atoms with van der Waals surface area (Å²) in [5.41, 5.74) is 1.11.